The van der Waals surface area contributed by atoms with Gasteiger partial charge in [-0.15, -0.1) is 0 Å². The highest BCUT2D eigenvalue weighted by atomic mass is 16.5. The summed E-state index contributed by atoms with van der Waals surface area (Å²) in [5, 5.41) is 3.55. The number of hydrogen-bond donors (Lipinski definition) is 2. The predicted octanol–water partition coefficient (Wildman–Crippen LogP) is 5.24. The largest absolute Gasteiger partial charge is 0.462 e. The van der Waals surface area contributed by atoms with Crippen LogP contribution in [0.3, 0.4) is 0 Å². The molecule has 30 heavy (non-hydrogen) atoms. The molecular weight excluding hydrogens is 374 g/mol. The van der Waals surface area contributed by atoms with Crippen LogP contribution in [-0.4, -0.2) is 23.6 Å². The molecule has 3 N–H and O–H groups in total. The van der Waals surface area contributed by atoms with E-state index in [0.29, 0.717) is 29.8 Å². The summed E-state index contributed by atoms with van der Waals surface area (Å²) in [6.45, 7) is 8.80. The molecule has 5 nitrogen and oxygen atoms in total. The quantitative estimate of drug-likeness (QED) is 0.412. The van der Waals surface area contributed by atoms with E-state index in [1.54, 1.807) is 37.0 Å². The zero-order valence-corrected chi connectivity index (χ0v) is 18.4. The number of nitrogens with zero attached hydrogens (tertiary/aromatic N) is 1. The van der Waals surface area contributed by atoms with Crippen molar-refractivity contribution in [3.8, 4) is 0 Å². The van der Waals surface area contributed by atoms with E-state index in [1.165, 1.54) is 18.4 Å². The van der Waals surface area contributed by atoms with E-state index in [1.807, 2.05) is 25.1 Å². The van der Waals surface area contributed by atoms with Gasteiger partial charge in [0.2, 0.25) is 0 Å². The second kappa shape index (κ2) is 9.79. The third kappa shape index (κ3) is 5.21. The van der Waals surface area contributed by atoms with Crippen molar-refractivity contribution in [2.75, 3.05) is 17.7 Å². The third-order valence-electron chi connectivity index (χ3n) is 6.05. The molecule has 1 aromatic heterocycles. The number of carbonyl (C=O) groups excluding carboxylic acids is 1. The Morgan fingerprint density at radius 3 is 2.50 bits per heavy atom. The summed E-state index contributed by atoms with van der Waals surface area (Å²) >= 11 is 0. The minimum Gasteiger partial charge on any atom is -0.462 e. The number of aryl methyl sites for hydroxylation is 1. The van der Waals surface area contributed by atoms with Crippen LogP contribution in [0.2, 0.25) is 0 Å². The Bertz CT molecular complexity index is 895. The molecule has 1 aromatic carbocycles. The minimum absolute atomic E-state index is 0.305. The van der Waals surface area contributed by atoms with Gasteiger partial charge in [0.1, 0.15) is 0 Å². The van der Waals surface area contributed by atoms with E-state index in [4.69, 9.17) is 10.5 Å². The Kier molecular flexibility index (Phi) is 7.14. The third-order valence-corrected chi connectivity index (χ3v) is 6.05. The molecule has 0 saturated heterocycles. The van der Waals surface area contributed by atoms with E-state index >= 15 is 0 Å². The van der Waals surface area contributed by atoms with E-state index in [0.717, 1.165) is 17.5 Å². The molecule has 5 heteroatoms. The Hall–Kier alpha value is -2.82. The van der Waals surface area contributed by atoms with Gasteiger partial charge in [0, 0.05) is 18.4 Å². The molecule has 4 rings (SSSR count). The molecule has 0 bridgehead atoms. The zero-order valence-electron chi connectivity index (χ0n) is 18.4. The molecule has 1 heterocycles. The van der Waals surface area contributed by atoms with Crippen LogP contribution in [0.15, 0.2) is 54.4 Å². The maximum absolute atomic E-state index is 11.8. The summed E-state index contributed by atoms with van der Waals surface area (Å²) in [6.07, 6.45) is 8.55. The Morgan fingerprint density at radius 2 is 1.93 bits per heavy atom. The normalized spacial score (nSPS) is 24.3. The number of benzene rings is 1. The highest BCUT2D eigenvalue weighted by molar-refractivity contribution is 5.92. The van der Waals surface area contributed by atoms with E-state index in [9.17, 15) is 4.79 Å². The van der Waals surface area contributed by atoms with Gasteiger partial charge in [-0.2, -0.15) is 0 Å². The second-order valence-corrected chi connectivity index (χ2v) is 8.43. The monoisotopic (exact) mass is 407 g/mol. The minimum atomic E-state index is -0.329. The number of carbonyl (C=O) groups is 1. The average molecular weight is 408 g/mol. The number of ether oxygens (including phenoxy) is 1. The maximum Gasteiger partial charge on any atom is 0.338 e. The van der Waals surface area contributed by atoms with Gasteiger partial charge >= 0.3 is 5.97 Å². The fraction of sp³-hybridized carbons (Fsp3) is 0.440. The Morgan fingerprint density at radius 1 is 1.20 bits per heavy atom. The first-order chi connectivity index (χ1) is 14.4. The van der Waals surface area contributed by atoms with Crippen molar-refractivity contribution in [3.05, 3.63) is 65.5 Å². The van der Waals surface area contributed by atoms with Crippen LogP contribution >= 0.6 is 0 Å². The summed E-state index contributed by atoms with van der Waals surface area (Å²) < 4.78 is 5.01. The molecule has 0 amide bonds. The van der Waals surface area contributed by atoms with Gasteiger partial charge in [-0.05, 0) is 80.3 Å². The SMILES string of the molecule is CCOC(=O)c1ccc(NC2C=C3C(C)CC3CC2C)c(N)c1.Cc1ccncc1. The van der Waals surface area contributed by atoms with E-state index in [2.05, 4.69) is 30.2 Å². The lowest BCUT2D eigenvalue weighted by Crippen LogP contribution is -2.39. The van der Waals surface area contributed by atoms with Crippen LogP contribution in [0.1, 0.15) is 49.5 Å². The number of nitrogen functional groups attached to an aromatic ring is 1. The molecular formula is C25H33N3O2. The highest BCUT2D eigenvalue weighted by Gasteiger charge is 2.38. The van der Waals surface area contributed by atoms with Crippen molar-refractivity contribution >= 4 is 17.3 Å². The molecule has 4 unspecified atom stereocenters. The molecule has 160 valence electrons. The number of nitrogens with one attached hydrogen (secondary N) is 1. The Labute approximate surface area is 179 Å². The fourth-order valence-corrected chi connectivity index (χ4v) is 4.27. The number of aromatic nitrogens is 1. The second-order valence-electron chi connectivity index (χ2n) is 8.43. The number of allylic oxidation sites excluding steroid dienone is 1. The summed E-state index contributed by atoms with van der Waals surface area (Å²) in [6, 6.07) is 9.59. The molecule has 0 aliphatic heterocycles. The first-order valence-corrected chi connectivity index (χ1v) is 10.8. The lowest BCUT2D eigenvalue weighted by molar-refractivity contribution is 0.0526. The van der Waals surface area contributed by atoms with Crippen molar-refractivity contribution in [3.63, 3.8) is 0 Å². The summed E-state index contributed by atoms with van der Waals surface area (Å²) in [5.41, 5.74) is 11.0. The molecule has 1 fully saturated rings. The molecule has 2 aliphatic carbocycles. The van der Waals surface area contributed by atoms with Crippen LogP contribution < -0.4 is 11.1 Å². The first-order valence-electron chi connectivity index (χ1n) is 10.8. The number of esters is 1. The lowest BCUT2D eigenvalue weighted by Gasteiger charge is -2.45. The molecule has 4 atom stereocenters. The molecule has 0 radical (unpaired) electrons. The average Bonchev–Trinajstić information content (AvgIpc) is 2.72. The van der Waals surface area contributed by atoms with Crippen molar-refractivity contribution in [1.82, 2.24) is 4.98 Å². The zero-order chi connectivity index (χ0) is 21.7. The number of pyridine rings is 1. The topological polar surface area (TPSA) is 77.2 Å². The van der Waals surface area contributed by atoms with Crippen molar-refractivity contribution in [2.45, 2.75) is 46.6 Å². The van der Waals surface area contributed by atoms with Crippen molar-refractivity contribution in [2.24, 2.45) is 17.8 Å². The van der Waals surface area contributed by atoms with Gasteiger partial charge in [0.05, 0.1) is 23.5 Å². The number of rotatable bonds is 4. The smallest absolute Gasteiger partial charge is 0.338 e. The van der Waals surface area contributed by atoms with Gasteiger partial charge < -0.3 is 15.8 Å². The van der Waals surface area contributed by atoms with Gasteiger partial charge in [-0.1, -0.05) is 25.5 Å². The predicted molar refractivity (Wildman–Crippen MR) is 122 cm³/mol. The maximum atomic E-state index is 11.8. The van der Waals surface area contributed by atoms with Gasteiger partial charge in [-0.25, -0.2) is 4.79 Å². The molecule has 2 aliphatic rings. The van der Waals surface area contributed by atoms with Crippen LogP contribution in [-0.2, 0) is 4.74 Å². The van der Waals surface area contributed by atoms with Crippen LogP contribution in [0.4, 0.5) is 11.4 Å². The summed E-state index contributed by atoms with van der Waals surface area (Å²) in [7, 11) is 0. The molecule has 1 saturated carbocycles. The number of fused-ring (bicyclic) bond motifs is 1. The van der Waals surface area contributed by atoms with Gasteiger partial charge in [0.15, 0.2) is 0 Å². The van der Waals surface area contributed by atoms with E-state index < -0.39 is 0 Å². The standard InChI is InChI=1S/C19H26N2O2.C6H7N/c1-4-23-19(22)13-5-6-17(16(20)9-13)21-18-10-15-11(2)7-14(15)8-12(18)3;1-6-2-4-7-5-3-6/h5-6,9-12,14,18,21H,4,7-8,20H2,1-3H3;2-5H,1H3. The summed E-state index contributed by atoms with van der Waals surface area (Å²) in [4.78, 5) is 15.6. The van der Waals surface area contributed by atoms with Crippen LogP contribution in [0.25, 0.3) is 0 Å². The van der Waals surface area contributed by atoms with Gasteiger partial charge in [0.25, 0.3) is 0 Å². The number of nitrogens with two attached hydrogens (primary N) is 1. The summed E-state index contributed by atoms with van der Waals surface area (Å²) in [5.74, 6) is 1.77. The van der Waals surface area contributed by atoms with Crippen molar-refractivity contribution < 1.29 is 9.53 Å². The van der Waals surface area contributed by atoms with Crippen LogP contribution in [0, 0.1) is 24.7 Å². The number of anilines is 2. The molecule has 0 spiro atoms. The highest BCUT2D eigenvalue weighted by Crippen LogP contribution is 2.47. The first kappa shape index (κ1) is 21.9. The van der Waals surface area contributed by atoms with E-state index in [-0.39, 0.29) is 5.97 Å². The van der Waals surface area contributed by atoms with Gasteiger partial charge in [-0.3, -0.25) is 4.98 Å². The number of hydrogen-bond acceptors (Lipinski definition) is 5. The van der Waals surface area contributed by atoms with Crippen LogP contribution in [0.5, 0.6) is 0 Å². The van der Waals surface area contributed by atoms with Crippen molar-refractivity contribution in [1.29, 1.82) is 0 Å². The Balaban J connectivity index is 0.000000310. The fourth-order valence-electron chi connectivity index (χ4n) is 4.27. The lowest BCUT2D eigenvalue weighted by atomic mass is 9.63. The molecule has 2 aromatic rings.